The normalized spacial score (nSPS) is 10.7. The van der Waals surface area contributed by atoms with Crippen LogP contribution in [0.1, 0.15) is 35.3 Å². The standard InChI is InChI=1S/C26H28N2O3/c1-19(2)31-18-24-11-7-6-10-23(24)16-27-25(29)17-28-26(30)22-14-12-21(13-15-22)20-8-4-3-5-9-20/h3-15,19H,16-18H2,1-2H3,(H,27,29)(H,28,30). The first kappa shape index (κ1) is 22.2. The van der Waals surface area contributed by atoms with Crippen molar-refractivity contribution in [3.8, 4) is 11.1 Å². The van der Waals surface area contributed by atoms with Gasteiger partial charge in [0.15, 0.2) is 0 Å². The van der Waals surface area contributed by atoms with Crippen LogP contribution in [0.2, 0.25) is 0 Å². The van der Waals surface area contributed by atoms with E-state index in [0.29, 0.717) is 18.7 Å². The van der Waals surface area contributed by atoms with Crippen LogP contribution in [0.15, 0.2) is 78.9 Å². The molecule has 3 aromatic rings. The van der Waals surface area contributed by atoms with Crippen molar-refractivity contribution < 1.29 is 14.3 Å². The molecule has 0 spiro atoms. The maximum Gasteiger partial charge on any atom is 0.251 e. The van der Waals surface area contributed by atoms with Crippen molar-refractivity contribution in [3.63, 3.8) is 0 Å². The first-order valence-corrected chi connectivity index (χ1v) is 10.4. The third-order valence-corrected chi connectivity index (χ3v) is 4.83. The Kier molecular flexibility index (Phi) is 7.96. The highest BCUT2D eigenvalue weighted by Crippen LogP contribution is 2.19. The van der Waals surface area contributed by atoms with Crippen LogP contribution in [-0.4, -0.2) is 24.5 Å². The summed E-state index contributed by atoms with van der Waals surface area (Å²) < 4.78 is 5.67. The van der Waals surface area contributed by atoms with Gasteiger partial charge in [-0.15, -0.1) is 0 Å². The van der Waals surface area contributed by atoms with Gasteiger partial charge < -0.3 is 15.4 Å². The summed E-state index contributed by atoms with van der Waals surface area (Å²) in [5.74, 6) is -0.519. The lowest BCUT2D eigenvalue weighted by Crippen LogP contribution is -2.36. The Bertz CT molecular complexity index is 999. The molecule has 5 heteroatoms. The summed E-state index contributed by atoms with van der Waals surface area (Å²) in [5.41, 5.74) is 4.69. The maximum absolute atomic E-state index is 12.4. The summed E-state index contributed by atoms with van der Waals surface area (Å²) in [6, 6.07) is 25.1. The van der Waals surface area contributed by atoms with E-state index in [2.05, 4.69) is 10.6 Å². The number of carbonyl (C=O) groups is 2. The predicted octanol–water partition coefficient (Wildman–Crippen LogP) is 4.32. The Morgan fingerprint density at radius 3 is 2.06 bits per heavy atom. The van der Waals surface area contributed by atoms with Gasteiger partial charge in [-0.25, -0.2) is 0 Å². The fourth-order valence-corrected chi connectivity index (χ4v) is 3.09. The van der Waals surface area contributed by atoms with Gasteiger partial charge in [-0.1, -0.05) is 66.7 Å². The average Bonchev–Trinajstić information content (AvgIpc) is 2.81. The summed E-state index contributed by atoms with van der Waals surface area (Å²) in [6.07, 6.45) is 0.139. The van der Waals surface area contributed by atoms with Crippen molar-refractivity contribution in [1.82, 2.24) is 10.6 Å². The highest BCUT2D eigenvalue weighted by molar-refractivity contribution is 5.96. The van der Waals surface area contributed by atoms with E-state index in [1.807, 2.05) is 80.6 Å². The quantitative estimate of drug-likeness (QED) is 0.546. The minimum Gasteiger partial charge on any atom is -0.374 e. The van der Waals surface area contributed by atoms with Crippen LogP contribution in [0.25, 0.3) is 11.1 Å². The Morgan fingerprint density at radius 2 is 1.39 bits per heavy atom. The number of hydrogen-bond donors (Lipinski definition) is 2. The molecule has 0 saturated carbocycles. The van der Waals surface area contributed by atoms with E-state index < -0.39 is 0 Å². The second-order valence-corrected chi connectivity index (χ2v) is 7.53. The van der Waals surface area contributed by atoms with Crippen molar-refractivity contribution in [2.24, 2.45) is 0 Å². The Labute approximate surface area is 183 Å². The molecule has 0 bridgehead atoms. The van der Waals surface area contributed by atoms with Gasteiger partial charge in [0.1, 0.15) is 0 Å². The van der Waals surface area contributed by atoms with Gasteiger partial charge >= 0.3 is 0 Å². The van der Waals surface area contributed by atoms with E-state index in [9.17, 15) is 9.59 Å². The summed E-state index contributed by atoms with van der Waals surface area (Å²) >= 11 is 0. The lowest BCUT2D eigenvalue weighted by Gasteiger charge is -2.13. The first-order chi connectivity index (χ1) is 15.0. The number of nitrogens with one attached hydrogen (secondary N) is 2. The van der Waals surface area contributed by atoms with Crippen molar-refractivity contribution in [1.29, 1.82) is 0 Å². The topological polar surface area (TPSA) is 67.4 Å². The zero-order valence-electron chi connectivity index (χ0n) is 17.9. The molecule has 0 aliphatic rings. The van der Waals surface area contributed by atoms with Crippen LogP contribution < -0.4 is 10.6 Å². The van der Waals surface area contributed by atoms with Crippen LogP contribution >= 0.6 is 0 Å². The predicted molar refractivity (Wildman–Crippen MR) is 122 cm³/mol. The van der Waals surface area contributed by atoms with E-state index in [1.165, 1.54) is 0 Å². The van der Waals surface area contributed by atoms with Crippen LogP contribution in [0, 0.1) is 0 Å². The summed E-state index contributed by atoms with van der Waals surface area (Å²) in [5, 5.41) is 5.53. The first-order valence-electron chi connectivity index (χ1n) is 10.4. The molecule has 0 radical (unpaired) electrons. The molecule has 3 aromatic carbocycles. The number of ether oxygens (including phenoxy) is 1. The number of hydrogen-bond acceptors (Lipinski definition) is 3. The third kappa shape index (κ3) is 6.79. The molecule has 0 aliphatic carbocycles. The number of carbonyl (C=O) groups excluding carboxylic acids is 2. The lowest BCUT2D eigenvalue weighted by molar-refractivity contribution is -0.120. The van der Waals surface area contributed by atoms with Crippen LogP contribution in [0.4, 0.5) is 0 Å². The Balaban J connectivity index is 1.48. The molecule has 0 heterocycles. The van der Waals surface area contributed by atoms with Gasteiger partial charge in [-0.05, 0) is 48.2 Å². The number of rotatable bonds is 9. The van der Waals surface area contributed by atoms with Crippen molar-refractivity contribution in [2.75, 3.05) is 6.54 Å². The van der Waals surface area contributed by atoms with Crippen molar-refractivity contribution in [3.05, 3.63) is 95.6 Å². The fraction of sp³-hybridized carbons (Fsp3) is 0.231. The zero-order chi connectivity index (χ0) is 22.1. The van der Waals surface area contributed by atoms with Gasteiger partial charge in [0, 0.05) is 12.1 Å². The fourth-order valence-electron chi connectivity index (χ4n) is 3.09. The van der Waals surface area contributed by atoms with E-state index in [0.717, 1.165) is 22.3 Å². The molecule has 160 valence electrons. The minimum atomic E-state index is -0.277. The maximum atomic E-state index is 12.4. The molecule has 0 saturated heterocycles. The smallest absolute Gasteiger partial charge is 0.251 e. The van der Waals surface area contributed by atoms with Crippen LogP contribution in [0.5, 0.6) is 0 Å². The Morgan fingerprint density at radius 1 is 0.774 bits per heavy atom. The van der Waals surface area contributed by atoms with Gasteiger partial charge in [0.05, 0.1) is 19.3 Å². The van der Waals surface area contributed by atoms with Crippen molar-refractivity contribution in [2.45, 2.75) is 33.1 Å². The van der Waals surface area contributed by atoms with E-state index in [4.69, 9.17) is 4.74 Å². The van der Waals surface area contributed by atoms with E-state index in [-0.39, 0.29) is 24.5 Å². The molecular formula is C26H28N2O3. The summed E-state index contributed by atoms with van der Waals surface area (Å²) in [7, 11) is 0. The molecule has 2 amide bonds. The molecule has 0 unspecified atom stereocenters. The van der Waals surface area contributed by atoms with Gasteiger partial charge in [0.2, 0.25) is 5.91 Å². The van der Waals surface area contributed by atoms with Gasteiger partial charge in [-0.2, -0.15) is 0 Å². The summed E-state index contributed by atoms with van der Waals surface area (Å²) in [4.78, 5) is 24.6. The molecule has 0 aliphatic heterocycles. The third-order valence-electron chi connectivity index (χ3n) is 4.83. The molecule has 3 rings (SSSR count). The second-order valence-electron chi connectivity index (χ2n) is 7.53. The highest BCUT2D eigenvalue weighted by Gasteiger charge is 2.10. The largest absolute Gasteiger partial charge is 0.374 e. The summed E-state index contributed by atoms with van der Waals surface area (Å²) in [6.45, 7) is 4.78. The average molecular weight is 417 g/mol. The number of benzene rings is 3. The van der Waals surface area contributed by atoms with E-state index in [1.54, 1.807) is 12.1 Å². The van der Waals surface area contributed by atoms with Crippen LogP contribution in [0.3, 0.4) is 0 Å². The molecule has 0 atom stereocenters. The van der Waals surface area contributed by atoms with Crippen LogP contribution in [-0.2, 0) is 22.7 Å². The molecule has 31 heavy (non-hydrogen) atoms. The lowest BCUT2D eigenvalue weighted by atomic mass is 10.0. The molecule has 0 aromatic heterocycles. The molecule has 2 N–H and O–H groups in total. The second kappa shape index (κ2) is 11.1. The van der Waals surface area contributed by atoms with E-state index >= 15 is 0 Å². The van der Waals surface area contributed by atoms with Gasteiger partial charge in [0.25, 0.3) is 5.91 Å². The highest BCUT2D eigenvalue weighted by atomic mass is 16.5. The molecule has 0 fully saturated rings. The van der Waals surface area contributed by atoms with Gasteiger partial charge in [-0.3, -0.25) is 9.59 Å². The SMILES string of the molecule is CC(C)OCc1ccccc1CNC(=O)CNC(=O)c1ccc(-c2ccccc2)cc1. The minimum absolute atomic E-state index is 0.0794. The monoisotopic (exact) mass is 416 g/mol. The Hall–Kier alpha value is -3.44. The molecule has 5 nitrogen and oxygen atoms in total. The zero-order valence-corrected chi connectivity index (χ0v) is 17.9. The van der Waals surface area contributed by atoms with Crippen molar-refractivity contribution >= 4 is 11.8 Å². The number of amides is 2. The molecular weight excluding hydrogens is 388 g/mol.